The van der Waals surface area contributed by atoms with Crippen molar-refractivity contribution in [3.8, 4) is 28.1 Å². The average molecular weight is 891 g/mol. The third-order valence-corrected chi connectivity index (χ3v) is 13.2. The van der Waals surface area contributed by atoms with Crippen molar-refractivity contribution in [1.82, 2.24) is 30.1 Å². The Morgan fingerprint density at radius 3 is 2.32 bits per heavy atom. The molecule has 4 aromatic rings. The van der Waals surface area contributed by atoms with Gasteiger partial charge < -0.3 is 39.8 Å². The number of H-pyrrole nitrogens is 1. The Morgan fingerprint density at radius 1 is 1.00 bits per heavy atom. The lowest BCUT2D eigenvalue weighted by molar-refractivity contribution is -0.274. The molecule has 14 nitrogen and oxygen atoms in total. The molecule has 2 saturated heterocycles. The van der Waals surface area contributed by atoms with E-state index < -0.39 is 30.2 Å². The monoisotopic (exact) mass is 890 g/mol. The molecule has 1 unspecified atom stereocenters. The summed E-state index contributed by atoms with van der Waals surface area (Å²) in [5.74, 6) is -0.109. The van der Waals surface area contributed by atoms with Gasteiger partial charge in [0.25, 0.3) is 5.91 Å². The largest absolute Gasteiger partial charge is 0.573 e. The summed E-state index contributed by atoms with van der Waals surface area (Å²) in [6.45, 7) is 12.2. The van der Waals surface area contributed by atoms with Crippen molar-refractivity contribution in [2.45, 2.75) is 77.2 Å². The molecule has 336 valence electrons. The van der Waals surface area contributed by atoms with Gasteiger partial charge in [-0.1, -0.05) is 52.0 Å². The van der Waals surface area contributed by atoms with E-state index in [0.717, 1.165) is 12.5 Å². The molecule has 2 aromatic carbocycles. The number of likely N-dealkylation sites (tertiary alicyclic amines) is 1. The number of nitrogens with zero attached hydrogens (tertiary/aromatic N) is 5. The predicted octanol–water partition coefficient (Wildman–Crippen LogP) is 7.76. The summed E-state index contributed by atoms with van der Waals surface area (Å²) in [7, 11) is 1.24. The fourth-order valence-corrected chi connectivity index (χ4v) is 9.06. The third kappa shape index (κ3) is 10.2. The molecular weight excluding hydrogens is 838 g/mol. The Labute approximate surface area is 368 Å². The van der Waals surface area contributed by atoms with Crippen molar-refractivity contribution in [3.63, 3.8) is 0 Å². The topological polar surface area (TPSA) is 162 Å². The van der Waals surface area contributed by atoms with E-state index in [1.54, 1.807) is 59.3 Å². The molecule has 63 heavy (non-hydrogen) atoms. The summed E-state index contributed by atoms with van der Waals surface area (Å²) in [6.07, 6.45) is 1.01. The number of aromatic nitrogens is 3. The zero-order valence-corrected chi connectivity index (χ0v) is 37.1. The van der Waals surface area contributed by atoms with Crippen LogP contribution in [0, 0.1) is 17.3 Å². The van der Waals surface area contributed by atoms with E-state index in [-0.39, 0.29) is 57.5 Å². The number of carbonyl (C=O) groups is 4. The molecule has 0 radical (unpaired) electrons. The molecule has 2 aromatic heterocycles. The highest BCUT2D eigenvalue weighted by Gasteiger charge is 2.52. The number of pyridine rings is 1. The Hall–Kier alpha value is -5.78. The van der Waals surface area contributed by atoms with Crippen LogP contribution in [0.4, 0.5) is 29.5 Å². The van der Waals surface area contributed by atoms with Crippen LogP contribution in [0.15, 0.2) is 67.0 Å². The summed E-state index contributed by atoms with van der Waals surface area (Å²) in [5, 5.41) is 5.52. The first-order chi connectivity index (χ1) is 29.8. The lowest BCUT2D eigenvalue weighted by Gasteiger charge is -2.41. The highest BCUT2D eigenvalue weighted by molar-refractivity contribution is 7.99. The molecular formula is C45H53F3N8O6S. The van der Waals surface area contributed by atoms with E-state index in [0.29, 0.717) is 66.8 Å². The quantitative estimate of drug-likeness (QED) is 0.128. The second-order valence-corrected chi connectivity index (χ2v) is 18.5. The number of nitrogens with one attached hydrogen (secondary N) is 3. The number of anilines is 2. The van der Waals surface area contributed by atoms with Crippen molar-refractivity contribution >= 4 is 47.1 Å². The number of thioether (sulfide) groups is 1. The predicted molar refractivity (Wildman–Crippen MR) is 234 cm³/mol. The summed E-state index contributed by atoms with van der Waals surface area (Å²) in [4.78, 5) is 70.5. The molecule has 3 aliphatic rings. The minimum absolute atomic E-state index is 0.0278. The standard InChI is InChI=1S/C45H53F3N8O6S/c1-25(2)38(53-43(60)61-6)42(59)56-24-31(63-7)19-35(56)39-50-22-34(52-39)28-10-8-27(9-11-28)32-14-12-29(18-36(32)62-45(46,47)48)40(57)51-30-13-15-37(49-21-30)55-17-16-54(23-26(55)3)41(58)33-20-44(33,4)5/h8-15,18,21-22,25-26,31,33,35,38H,16-17,19-20,23-24H2,1-7H3,(H,50,52)(H,51,57)(H,53,60)/t26?,31-,33+,35-,38-/m0/s1. The maximum Gasteiger partial charge on any atom is 0.573 e. The van der Waals surface area contributed by atoms with Gasteiger partial charge in [-0.15, -0.1) is 13.2 Å². The van der Waals surface area contributed by atoms with Gasteiger partial charge in [-0.25, -0.2) is 14.8 Å². The number of hydrogen-bond donors (Lipinski definition) is 3. The lowest BCUT2D eigenvalue weighted by atomic mass is 10.00. The number of methoxy groups -OCH3 is 1. The van der Waals surface area contributed by atoms with Gasteiger partial charge in [-0.05, 0) is 73.2 Å². The number of aromatic amines is 1. The van der Waals surface area contributed by atoms with Crippen LogP contribution in [0.25, 0.3) is 22.4 Å². The lowest BCUT2D eigenvalue weighted by Crippen LogP contribution is -2.54. The highest BCUT2D eigenvalue weighted by atomic mass is 32.2. The van der Waals surface area contributed by atoms with Gasteiger partial charge in [0.2, 0.25) is 11.8 Å². The molecule has 3 N–H and O–H groups in total. The third-order valence-electron chi connectivity index (χ3n) is 12.2. The van der Waals surface area contributed by atoms with Crippen molar-refractivity contribution in [2.75, 3.05) is 49.8 Å². The maximum absolute atomic E-state index is 13.8. The second-order valence-electron chi connectivity index (χ2n) is 17.4. The molecule has 4 heterocycles. The SMILES string of the molecule is COC(=O)N[C@H](C(=O)N1C[C@@H](SC)C[C@H]1c1nc(-c2ccc(-c3ccc(C(=O)Nc4ccc(N5CCN(C(=O)[C@H]6CC6(C)C)CC5C)nc4)cc3OC(F)(F)F)cc2)c[nH]1)C(C)C. The first-order valence-corrected chi connectivity index (χ1v) is 22.2. The van der Waals surface area contributed by atoms with Crippen LogP contribution in [0.2, 0.25) is 0 Å². The van der Waals surface area contributed by atoms with E-state index in [1.807, 2.05) is 31.9 Å². The van der Waals surface area contributed by atoms with Gasteiger partial charge in [0, 0.05) is 66.3 Å². The maximum atomic E-state index is 13.8. The number of carbonyl (C=O) groups excluding carboxylic acids is 4. The zero-order chi connectivity index (χ0) is 45.4. The molecule has 18 heteroatoms. The minimum Gasteiger partial charge on any atom is -0.453 e. The van der Waals surface area contributed by atoms with Gasteiger partial charge in [-0.2, -0.15) is 11.8 Å². The van der Waals surface area contributed by atoms with E-state index in [2.05, 4.69) is 44.1 Å². The summed E-state index contributed by atoms with van der Waals surface area (Å²) in [5.41, 5.74) is 2.12. The fourth-order valence-electron chi connectivity index (χ4n) is 8.38. The van der Waals surface area contributed by atoms with Crippen LogP contribution < -0.4 is 20.3 Å². The first-order valence-electron chi connectivity index (χ1n) is 20.9. The minimum atomic E-state index is -5.03. The van der Waals surface area contributed by atoms with Crippen LogP contribution in [-0.2, 0) is 14.3 Å². The van der Waals surface area contributed by atoms with E-state index in [9.17, 15) is 32.3 Å². The second kappa shape index (κ2) is 18.1. The van der Waals surface area contributed by atoms with Gasteiger partial charge in [0.05, 0.1) is 30.7 Å². The van der Waals surface area contributed by atoms with E-state index in [4.69, 9.17) is 9.72 Å². The highest BCUT2D eigenvalue weighted by Crippen LogP contribution is 2.52. The molecule has 1 saturated carbocycles. The average Bonchev–Trinajstić information content (AvgIpc) is 3.55. The van der Waals surface area contributed by atoms with Crippen molar-refractivity contribution in [1.29, 1.82) is 0 Å². The van der Waals surface area contributed by atoms with Crippen LogP contribution in [0.1, 0.15) is 69.7 Å². The van der Waals surface area contributed by atoms with Crippen LogP contribution >= 0.6 is 11.8 Å². The Balaban J connectivity index is 1.03. The summed E-state index contributed by atoms with van der Waals surface area (Å²) >= 11 is 1.64. The first kappa shape index (κ1) is 45.3. The molecule has 1 aliphatic carbocycles. The van der Waals surface area contributed by atoms with Crippen LogP contribution in [0.5, 0.6) is 5.75 Å². The number of imidazole rings is 1. The molecule has 0 bridgehead atoms. The molecule has 2 aliphatic heterocycles. The molecule has 3 fully saturated rings. The van der Waals surface area contributed by atoms with Crippen LogP contribution in [0.3, 0.4) is 0 Å². The number of amides is 4. The van der Waals surface area contributed by atoms with Crippen molar-refractivity contribution in [3.05, 3.63) is 78.4 Å². The zero-order valence-electron chi connectivity index (χ0n) is 36.3. The van der Waals surface area contributed by atoms with Gasteiger partial charge >= 0.3 is 12.5 Å². The smallest absolute Gasteiger partial charge is 0.453 e. The number of alkyl halides is 3. The van der Waals surface area contributed by atoms with Gasteiger partial charge in [0.1, 0.15) is 23.4 Å². The number of benzene rings is 2. The van der Waals surface area contributed by atoms with Crippen LogP contribution in [-0.4, -0.2) is 112 Å². The molecule has 7 rings (SSSR count). The van der Waals surface area contributed by atoms with Gasteiger partial charge in [0.15, 0.2) is 0 Å². The number of piperazine rings is 1. The number of alkyl carbamates (subject to hydrolysis) is 1. The Kier molecular flexibility index (Phi) is 13.0. The number of halogens is 3. The normalized spacial score (nSPS) is 21.2. The fraction of sp³-hybridized carbons (Fsp3) is 0.467. The molecule has 5 atom stereocenters. The van der Waals surface area contributed by atoms with E-state index >= 15 is 0 Å². The van der Waals surface area contributed by atoms with E-state index in [1.165, 1.54) is 25.4 Å². The summed E-state index contributed by atoms with van der Waals surface area (Å²) < 4.78 is 50.4. The Morgan fingerprint density at radius 2 is 1.71 bits per heavy atom. The number of hydrogen-bond acceptors (Lipinski definition) is 10. The van der Waals surface area contributed by atoms with Crippen molar-refractivity contribution in [2.24, 2.45) is 17.3 Å². The molecule has 4 amide bonds. The summed E-state index contributed by atoms with van der Waals surface area (Å²) in [6, 6.07) is 12.9. The molecule has 0 spiro atoms. The van der Waals surface area contributed by atoms with Gasteiger partial charge in [-0.3, -0.25) is 14.4 Å². The number of rotatable bonds is 12. The number of ether oxygens (including phenoxy) is 2. The van der Waals surface area contributed by atoms with Crippen molar-refractivity contribution < 1.29 is 41.8 Å². The Bertz CT molecular complexity index is 2320.